The van der Waals surface area contributed by atoms with Crippen LogP contribution in [0.3, 0.4) is 0 Å². The molecule has 1 aliphatic heterocycles. The Bertz CT molecular complexity index is 332. The maximum absolute atomic E-state index is 6.31. The lowest BCUT2D eigenvalue weighted by Crippen LogP contribution is -2.45. The summed E-state index contributed by atoms with van der Waals surface area (Å²) in [5.41, 5.74) is 6.31. The molecule has 0 saturated carbocycles. The van der Waals surface area contributed by atoms with Crippen LogP contribution in [0.2, 0.25) is 0 Å². The molecule has 2 heterocycles. The molecule has 90 valence electrons. The molecular formula is C13H22N2S. The van der Waals surface area contributed by atoms with Gasteiger partial charge in [0.05, 0.1) is 6.04 Å². The summed E-state index contributed by atoms with van der Waals surface area (Å²) >= 11 is 1.91. The van der Waals surface area contributed by atoms with Gasteiger partial charge in [0.1, 0.15) is 0 Å². The summed E-state index contributed by atoms with van der Waals surface area (Å²) in [5, 5.41) is 0. The van der Waals surface area contributed by atoms with Gasteiger partial charge in [-0.3, -0.25) is 4.90 Å². The molecule has 0 radical (unpaired) electrons. The molecule has 2 unspecified atom stereocenters. The second kappa shape index (κ2) is 5.30. The van der Waals surface area contributed by atoms with Crippen molar-refractivity contribution in [1.82, 2.24) is 4.90 Å². The van der Waals surface area contributed by atoms with E-state index in [-0.39, 0.29) is 0 Å². The van der Waals surface area contributed by atoms with Crippen LogP contribution in [-0.2, 0) is 0 Å². The predicted octanol–water partition coefficient (Wildman–Crippen LogP) is 2.93. The van der Waals surface area contributed by atoms with E-state index in [1.54, 1.807) is 0 Å². The molecule has 3 heteroatoms. The Morgan fingerprint density at radius 1 is 1.50 bits per heavy atom. The summed E-state index contributed by atoms with van der Waals surface area (Å²) in [6.07, 6.45) is 3.64. The summed E-state index contributed by atoms with van der Waals surface area (Å²) in [7, 11) is 0. The van der Waals surface area contributed by atoms with E-state index in [1.165, 1.54) is 42.1 Å². The topological polar surface area (TPSA) is 29.3 Å². The molecule has 1 aromatic heterocycles. The van der Waals surface area contributed by atoms with Gasteiger partial charge >= 0.3 is 0 Å². The lowest BCUT2D eigenvalue weighted by Gasteiger charge is -2.39. The Balaban J connectivity index is 2.18. The molecular weight excluding hydrogens is 216 g/mol. The van der Waals surface area contributed by atoms with Gasteiger partial charge < -0.3 is 5.73 Å². The van der Waals surface area contributed by atoms with E-state index < -0.39 is 0 Å². The van der Waals surface area contributed by atoms with Gasteiger partial charge in [0.25, 0.3) is 0 Å². The largest absolute Gasteiger partial charge is 0.326 e. The number of piperidine rings is 1. The van der Waals surface area contributed by atoms with Gasteiger partial charge in [-0.25, -0.2) is 0 Å². The highest BCUT2D eigenvalue weighted by molar-refractivity contribution is 7.12. The predicted molar refractivity (Wildman–Crippen MR) is 70.9 cm³/mol. The van der Waals surface area contributed by atoms with Gasteiger partial charge in [0.15, 0.2) is 0 Å². The molecule has 0 bridgehead atoms. The van der Waals surface area contributed by atoms with Crippen LogP contribution in [0.5, 0.6) is 0 Å². The first-order chi connectivity index (χ1) is 7.72. The number of hydrogen-bond acceptors (Lipinski definition) is 3. The fourth-order valence-electron chi connectivity index (χ4n) is 2.64. The van der Waals surface area contributed by atoms with Crippen molar-refractivity contribution in [2.75, 3.05) is 13.1 Å². The quantitative estimate of drug-likeness (QED) is 0.877. The molecule has 2 rings (SSSR count). The maximum Gasteiger partial charge on any atom is 0.0593 e. The number of aryl methyl sites for hydroxylation is 1. The molecule has 2 atom stereocenters. The zero-order chi connectivity index (χ0) is 11.5. The molecule has 2 N–H and O–H groups in total. The van der Waals surface area contributed by atoms with E-state index >= 15 is 0 Å². The highest BCUT2D eigenvalue weighted by atomic mass is 32.1. The molecule has 0 aromatic carbocycles. The van der Waals surface area contributed by atoms with Crippen molar-refractivity contribution in [3.63, 3.8) is 0 Å². The lowest BCUT2D eigenvalue weighted by atomic mass is 9.95. The van der Waals surface area contributed by atoms with Crippen LogP contribution in [0.1, 0.15) is 42.0 Å². The van der Waals surface area contributed by atoms with Crippen LogP contribution >= 0.6 is 11.3 Å². The highest BCUT2D eigenvalue weighted by Gasteiger charge is 2.30. The van der Waals surface area contributed by atoms with Crippen LogP contribution in [0.15, 0.2) is 12.1 Å². The van der Waals surface area contributed by atoms with Crippen LogP contribution in [0.4, 0.5) is 0 Å². The van der Waals surface area contributed by atoms with Crippen molar-refractivity contribution in [3.8, 4) is 0 Å². The van der Waals surface area contributed by atoms with E-state index in [0.717, 1.165) is 0 Å². The molecule has 0 spiro atoms. The van der Waals surface area contributed by atoms with Gasteiger partial charge in [-0.2, -0.15) is 0 Å². The SMILES string of the molecule is CCCN1CCCC(N)C1c1ccc(C)s1. The number of hydrogen-bond donors (Lipinski definition) is 1. The minimum Gasteiger partial charge on any atom is -0.326 e. The first kappa shape index (κ1) is 12.1. The Hall–Kier alpha value is -0.380. The summed E-state index contributed by atoms with van der Waals surface area (Å²) in [5.74, 6) is 0. The fraction of sp³-hybridized carbons (Fsp3) is 0.692. The summed E-state index contributed by atoms with van der Waals surface area (Å²) in [6.45, 7) is 6.81. The van der Waals surface area contributed by atoms with Gasteiger partial charge in [-0.1, -0.05) is 6.92 Å². The average molecular weight is 238 g/mol. The van der Waals surface area contributed by atoms with E-state index in [9.17, 15) is 0 Å². The standard InChI is InChI=1S/C13H22N2S/c1-3-8-15-9-4-5-11(14)13(15)12-7-6-10(2)16-12/h6-7,11,13H,3-5,8-9,14H2,1-2H3. The summed E-state index contributed by atoms with van der Waals surface area (Å²) in [4.78, 5) is 5.42. The average Bonchev–Trinajstić information content (AvgIpc) is 2.65. The summed E-state index contributed by atoms with van der Waals surface area (Å²) < 4.78 is 0. The lowest BCUT2D eigenvalue weighted by molar-refractivity contribution is 0.131. The molecule has 1 aromatic rings. The zero-order valence-electron chi connectivity index (χ0n) is 10.3. The first-order valence-corrected chi connectivity index (χ1v) is 7.10. The summed E-state index contributed by atoms with van der Waals surface area (Å²) in [6, 6.07) is 5.26. The molecule has 1 fully saturated rings. The van der Waals surface area contributed by atoms with Gasteiger partial charge in [0, 0.05) is 15.8 Å². The zero-order valence-corrected chi connectivity index (χ0v) is 11.1. The third kappa shape index (κ3) is 2.47. The van der Waals surface area contributed by atoms with Crippen molar-refractivity contribution in [3.05, 3.63) is 21.9 Å². The fourth-order valence-corrected chi connectivity index (χ4v) is 3.73. The normalized spacial score (nSPS) is 27.2. The van der Waals surface area contributed by atoms with E-state index in [1.807, 2.05) is 11.3 Å². The van der Waals surface area contributed by atoms with Crippen LogP contribution in [0, 0.1) is 6.92 Å². The van der Waals surface area contributed by atoms with E-state index in [2.05, 4.69) is 30.9 Å². The maximum atomic E-state index is 6.31. The van der Waals surface area contributed by atoms with Crippen molar-refractivity contribution >= 4 is 11.3 Å². The third-order valence-corrected chi connectivity index (χ3v) is 4.42. The number of nitrogens with zero attached hydrogens (tertiary/aromatic N) is 1. The van der Waals surface area contributed by atoms with Crippen LogP contribution < -0.4 is 5.73 Å². The molecule has 1 aliphatic rings. The van der Waals surface area contributed by atoms with Gasteiger partial charge in [-0.05, 0) is 51.4 Å². The smallest absolute Gasteiger partial charge is 0.0593 e. The Morgan fingerprint density at radius 2 is 2.31 bits per heavy atom. The van der Waals surface area contributed by atoms with Gasteiger partial charge in [0.2, 0.25) is 0 Å². The van der Waals surface area contributed by atoms with Crippen molar-refractivity contribution < 1.29 is 0 Å². The van der Waals surface area contributed by atoms with Crippen molar-refractivity contribution in [2.24, 2.45) is 5.73 Å². The third-order valence-electron chi connectivity index (χ3n) is 3.35. The molecule has 16 heavy (non-hydrogen) atoms. The van der Waals surface area contributed by atoms with Crippen molar-refractivity contribution in [1.29, 1.82) is 0 Å². The van der Waals surface area contributed by atoms with E-state index in [0.29, 0.717) is 12.1 Å². The second-order valence-corrected chi connectivity index (χ2v) is 6.05. The van der Waals surface area contributed by atoms with E-state index in [4.69, 9.17) is 5.73 Å². The van der Waals surface area contributed by atoms with Crippen molar-refractivity contribution in [2.45, 2.75) is 45.2 Å². The minimum atomic E-state index is 0.318. The van der Waals surface area contributed by atoms with Gasteiger partial charge in [-0.15, -0.1) is 11.3 Å². The second-order valence-electron chi connectivity index (χ2n) is 4.74. The highest BCUT2D eigenvalue weighted by Crippen LogP contribution is 2.34. The molecule has 1 saturated heterocycles. The number of thiophene rings is 1. The first-order valence-electron chi connectivity index (χ1n) is 6.28. The Morgan fingerprint density at radius 3 is 2.94 bits per heavy atom. The Kier molecular flexibility index (Phi) is 4.00. The minimum absolute atomic E-state index is 0.318. The number of nitrogens with two attached hydrogens (primary N) is 1. The molecule has 0 amide bonds. The molecule has 2 nitrogen and oxygen atoms in total. The van der Waals surface area contributed by atoms with Crippen LogP contribution in [-0.4, -0.2) is 24.0 Å². The Labute approximate surface area is 102 Å². The number of rotatable bonds is 3. The molecule has 0 aliphatic carbocycles. The number of likely N-dealkylation sites (tertiary alicyclic amines) is 1. The monoisotopic (exact) mass is 238 g/mol. The van der Waals surface area contributed by atoms with Crippen LogP contribution in [0.25, 0.3) is 0 Å².